The number of thiazole rings is 1. The number of nitrogens with one attached hydrogen (secondary N) is 1. The van der Waals surface area contributed by atoms with Crippen LogP contribution >= 0.6 is 11.3 Å². The van der Waals surface area contributed by atoms with Crippen LogP contribution in [0.4, 0.5) is 5.82 Å². The van der Waals surface area contributed by atoms with E-state index in [1.54, 1.807) is 11.3 Å². The summed E-state index contributed by atoms with van der Waals surface area (Å²) in [5, 5.41) is 3.43. The number of carbonyl (C=O) groups excluding carboxylic acids is 1. The van der Waals surface area contributed by atoms with E-state index < -0.39 is 0 Å². The van der Waals surface area contributed by atoms with Crippen LogP contribution in [0.2, 0.25) is 0 Å². The van der Waals surface area contributed by atoms with E-state index in [1.165, 1.54) is 4.88 Å². The molecule has 0 amide bonds. The molecule has 2 atom stereocenters. The van der Waals surface area contributed by atoms with E-state index in [-0.39, 0.29) is 5.92 Å². The second-order valence-corrected chi connectivity index (χ2v) is 7.26. The van der Waals surface area contributed by atoms with Gasteiger partial charge in [-0.2, -0.15) is 0 Å². The average molecular weight is 290 g/mol. The molecule has 2 unspecified atom stereocenters. The van der Waals surface area contributed by atoms with Gasteiger partial charge >= 0.3 is 0 Å². The quantitative estimate of drug-likeness (QED) is 0.900. The number of Topliss-reactive ketones (excluding diaryl/α,β-unsaturated/α-hetero) is 1. The molecule has 0 fully saturated rings. The minimum absolute atomic E-state index is 0.265. The lowest BCUT2D eigenvalue weighted by Gasteiger charge is -2.34. The van der Waals surface area contributed by atoms with Gasteiger partial charge in [0.1, 0.15) is 5.82 Å². The van der Waals surface area contributed by atoms with Crippen molar-refractivity contribution in [2.75, 3.05) is 5.32 Å². The molecule has 1 N–H and O–H groups in total. The summed E-state index contributed by atoms with van der Waals surface area (Å²) < 4.78 is 0. The summed E-state index contributed by atoms with van der Waals surface area (Å²) in [6, 6.07) is 0. The van der Waals surface area contributed by atoms with Crippen molar-refractivity contribution in [1.29, 1.82) is 0 Å². The molecular weight excluding hydrogens is 268 g/mol. The van der Waals surface area contributed by atoms with Crippen LogP contribution in [0.5, 0.6) is 0 Å². The first kappa shape index (κ1) is 13.8. The van der Waals surface area contributed by atoms with Gasteiger partial charge < -0.3 is 5.32 Å². The van der Waals surface area contributed by atoms with E-state index in [1.807, 2.05) is 5.51 Å². The molecule has 4 heteroatoms. The summed E-state index contributed by atoms with van der Waals surface area (Å²) >= 11 is 1.67. The van der Waals surface area contributed by atoms with Crippen molar-refractivity contribution >= 4 is 22.9 Å². The number of hydrogen-bond donors (Lipinski definition) is 1. The summed E-state index contributed by atoms with van der Waals surface area (Å²) in [6.45, 7) is 6.63. The van der Waals surface area contributed by atoms with Crippen LogP contribution in [0.1, 0.15) is 57.2 Å². The molecule has 1 aromatic rings. The van der Waals surface area contributed by atoms with Crippen LogP contribution in [0.25, 0.3) is 0 Å². The zero-order valence-corrected chi connectivity index (χ0v) is 13.2. The zero-order valence-electron chi connectivity index (χ0n) is 12.4. The van der Waals surface area contributed by atoms with Gasteiger partial charge in [0, 0.05) is 23.6 Å². The molecule has 108 valence electrons. The van der Waals surface area contributed by atoms with Gasteiger partial charge in [0.05, 0.1) is 10.4 Å². The molecule has 3 rings (SSSR count). The Kier molecular flexibility index (Phi) is 3.67. The first-order chi connectivity index (χ1) is 9.60. The maximum absolute atomic E-state index is 12.6. The molecular formula is C16H22N2OS. The van der Waals surface area contributed by atoms with Crippen molar-refractivity contribution in [2.24, 2.45) is 11.8 Å². The zero-order chi connectivity index (χ0) is 14.3. The van der Waals surface area contributed by atoms with Crippen LogP contribution < -0.4 is 5.32 Å². The molecule has 0 bridgehead atoms. The minimum Gasteiger partial charge on any atom is -0.342 e. The standard InChI is InChI=1S/C16H22N2OS/c1-4-11-14-12(18-16-15(11)20-8-17-16)6-10(5-9(2)3)7-13(14)19/h8-11,18H,4-7H2,1-3H3. The van der Waals surface area contributed by atoms with E-state index in [2.05, 4.69) is 31.1 Å². The fourth-order valence-electron chi connectivity index (χ4n) is 3.63. The van der Waals surface area contributed by atoms with Gasteiger partial charge in [0.2, 0.25) is 0 Å². The number of hydrogen-bond acceptors (Lipinski definition) is 4. The summed E-state index contributed by atoms with van der Waals surface area (Å²) in [5.74, 6) is 2.75. The number of rotatable bonds is 3. The van der Waals surface area contributed by atoms with Crippen LogP contribution in [-0.4, -0.2) is 10.8 Å². The second-order valence-electron chi connectivity index (χ2n) is 6.37. The van der Waals surface area contributed by atoms with Crippen molar-refractivity contribution in [1.82, 2.24) is 4.98 Å². The Bertz CT molecular complexity index is 559. The Morgan fingerprint density at radius 3 is 2.95 bits per heavy atom. The van der Waals surface area contributed by atoms with E-state index in [9.17, 15) is 4.79 Å². The van der Waals surface area contributed by atoms with Gasteiger partial charge in [0.25, 0.3) is 0 Å². The number of aromatic nitrogens is 1. The molecule has 3 nitrogen and oxygen atoms in total. The number of anilines is 1. The Hall–Kier alpha value is -1.16. The highest BCUT2D eigenvalue weighted by Crippen LogP contribution is 2.46. The highest BCUT2D eigenvalue weighted by molar-refractivity contribution is 7.10. The summed E-state index contributed by atoms with van der Waals surface area (Å²) in [7, 11) is 0. The maximum atomic E-state index is 12.6. The monoisotopic (exact) mass is 290 g/mol. The van der Waals surface area contributed by atoms with Gasteiger partial charge in [-0.15, -0.1) is 11.3 Å². The molecule has 0 spiro atoms. The smallest absolute Gasteiger partial charge is 0.161 e. The van der Waals surface area contributed by atoms with E-state index >= 15 is 0 Å². The van der Waals surface area contributed by atoms with Crippen molar-refractivity contribution in [3.63, 3.8) is 0 Å². The summed E-state index contributed by atoms with van der Waals surface area (Å²) in [5.41, 5.74) is 4.08. The lowest BCUT2D eigenvalue weighted by molar-refractivity contribution is -0.117. The van der Waals surface area contributed by atoms with E-state index in [0.717, 1.165) is 42.8 Å². The third kappa shape index (κ3) is 2.30. The Balaban J connectivity index is 1.93. The van der Waals surface area contributed by atoms with E-state index in [0.29, 0.717) is 17.6 Å². The van der Waals surface area contributed by atoms with Crippen LogP contribution in [0.3, 0.4) is 0 Å². The lowest BCUT2D eigenvalue weighted by Crippen LogP contribution is -2.29. The van der Waals surface area contributed by atoms with Crippen LogP contribution in [-0.2, 0) is 4.79 Å². The number of fused-ring (bicyclic) bond motifs is 1. The number of nitrogens with zero attached hydrogens (tertiary/aromatic N) is 1. The molecule has 20 heavy (non-hydrogen) atoms. The van der Waals surface area contributed by atoms with E-state index in [4.69, 9.17) is 0 Å². The topological polar surface area (TPSA) is 42.0 Å². The number of allylic oxidation sites excluding steroid dienone is 2. The molecule has 2 heterocycles. The van der Waals surface area contributed by atoms with Crippen LogP contribution in [0.15, 0.2) is 16.8 Å². The molecule has 0 aromatic carbocycles. The highest BCUT2D eigenvalue weighted by atomic mass is 32.1. The Labute approximate surface area is 124 Å². The molecule has 2 aliphatic rings. The third-order valence-electron chi connectivity index (χ3n) is 4.33. The summed E-state index contributed by atoms with van der Waals surface area (Å²) in [4.78, 5) is 18.3. The highest BCUT2D eigenvalue weighted by Gasteiger charge is 2.37. The normalized spacial score (nSPS) is 25.5. The Morgan fingerprint density at radius 1 is 1.45 bits per heavy atom. The van der Waals surface area contributed by atoms with Crippen LogP contribution in [0, 0.1) is 11.8 Å². The van der Waals surface area contributed by atoms with Gasteiger partial charge in [-0.05, 0) is 31.1 Å². The van der Waals surface area contributed by atoms with Gasteiger partial charge in [0.15, 0.2) is 5.78 Å². The first-order valence-corrected chi connectivity index (χ1v) is 8.44. The molecule has 0 saturated carbocycles. The largest absolute Gasteiger partial charge is 0.342 e. The summed E-state index contributed by atoms with van der Waals surface area (Å²) in [6.07, 6.45) is 3.84. The van der Waals surface area contributed by atoms with Crippen molar-refractivity contribution in [3.05, 3.63) is 21.7 Å². The minimum atomic E-state index is 0.265. The Morgan fingerprint density at radius 2 is 2.25 bits per heavy atom. The lowest BCUT2D eigenvalue weighted by atomic mass is 9.75. The van der Waals surface area contributed by atoms with Gasteiger partial charge in [-0.3, -0.25) is 4.79 Å². The predicted molar refractivity (Wildman–Crippen MR) is 83.0 cm³/mol. The number of ketones is 1. The maximum Gasteiger partial charge on any atom is 0.161 e. The van der Waals surface area contributed by atoms with Gasteiger partial charge in [-0.25, -0.2) is 4.98 Å². The molecule has 1 aromatic heterocycles. The molecule has 0 radical (unpaired) electrons. The predicted octanol–water partition coefficient (Wildman–Crippen LogP) is 4.34. The van der Waals surface area contributed by atoms with Crippen molar-refractivity contribution in [3.8, 4) is 0 Å². The first-order valence-electron chi connectivity index (χ1n) is 7.56. The molecule has 1 aliphatic carbocycles. The van der Waals surface area contributed by atoms with Crippen molar-refractivity contribution in [2.45, 2.75) is 52.4 Å². The van der Waals surface area contributed by atoms with Gasteiger partial charge in [-0.1, -0.05) is 20.8 Å². The fraction of sp³-hybridized carbons (Fsp3) is 0.625. The van der Waals surface area contributed by atoms with Crippen molar-refractivity contribution < 1.29 is 4.79 Å². The number of carbonyl (C=O) groups is 1. The average Bonchev–Trinajstić information content (AvgIpc) is 2.83. The fourth-order valence-corrected chi connectivity index (χ4v) is 4.56. The third-order valence-corrected chi connectivity index (χ3v) is 5.28. The molecule has 1 aliphatic heterocycles. The molecule has 0 saturated heterocycles. The SMILES string of the molecule is CCC1C2=C(CC(CC(C)C)CC2=O)Nc2ncsc21. The second kappa shape index (κ2) is 5.32.